The second kappa shape index (κ2) is 5.57. The quantitative estimate of drug-likeness (QED) is 0.779. The lowest BCUT2D eigenvalue weighted by atomic mass is 10.1. The minimum Gasteiger partial charge on any atom is -0.356 e. The van der Waals surface area contributed by atoms with E-state index in [4.69, 9.17) is 4.98 Å². The molecule has 1 fully saturated rings. The summed E-state index contributed by atoms with van der Waals surface area (Å²) in [6, 6.07) is 0. The summed E-state index contributed by atoms with van der Waals surface area (Å²) in [4.78, 5) is 19.7. The summed E-state index contributed by atoms with van der Waals surface area (Å²) in [5.41, 5.74) is 1.11. The van der Waals surface area contributed by atoms with Gasteiger partial charge in [-0.2, -0.15) is 0 Å². The molecule has 5 heteroatoms. The Morgan fingerprint density at radius 2 is 1.95 bits per heavy atom. The van der Waals surface area contributed by atoms with E-state index in [1.165, 1.54) is 19.3 Å². The van der Waals surface area contributed by atoms with Crippen molar-refractivity contribution in [2.24, 2.45) is 0 Å². The number of fused-ring (bicyclic) bond motifs is 1. The van der Waals surface area contributed by atoms with Gasteiger partial charge in [0.15, 0.2) is 5.16 Å². The summed E-state index contributed by atoms with van der Waals surface area (Å²) in [6.07, 6.45) is 5.59. The van der Waals surface area contributed by atoms with E-state index in [0.717, 1.165) is 54.8 Å². The molecule has 0 amide bonds. The van der Waals surface area contributed by atoms with E-state index in [0.29, 0.717) is 0 Å². The number of anilines is 1. The highest BCUT2D eigenvalue weighted by atomic mass is 32.2. The van der Waals surface area contributed by atoms with E-state index in [-0.39, 0.29) is 5.56 Å². The van der Waals surface area contributed by atoms with E-state index in [9.17, 15) is 4.79 Å². The smallest absolute Gasteiger partial charge is 0.259 e. The first-order valence-corrected chi connectivity index (χ1v) is 8.31. The predicted octanol–water partition coefficient (Wildman–Crippen LogP) is 2.29. The van der Waals surface area contributed by atoms with Gasteiger partial charge in [0, 0.05) is 25.4 Å². The van der Waals surface area contributed by atoms with E-state index in [1.54, 1.807) is 11.8 Å². The van der Waals surface area contributed by atoms with Gasteiger partial charge in [-0.25, -0.2) is 4.98 Å². The van der Waals surface area contributed by atoms with Gasteiger partial charge in [-0.1, -0.05) is 18.7 Å². The van der Waals surface area contributed by atoms with Crippen molar-refractivity contribution in [1.82, 2.24) is 9.55 Å². The van der Waals surface area contributed by atoms with E-state index in [1.807, 2.05) is 4.57 Å². The maximum Gasteiger partial charge on any atom is 0.259 e. The lowest BCUT2D eigenvalue weighted by Crippen LogP contribution is -2.36. The molecule has 1 aromatic rings. The SMILES string of the molecule is CCc1c(N2CCCCC2)nc2n(c1=O)CCCS2. The summed E-state index contributed by atoms with van der Waals surface area (Å²) in [5, 5.41) is 0.925. The van der Waals surface area contributed by atoms with Crippen molar-refractivity contribution in [3.8, 4) is 0 Å². The average molecular weight is 279 g/mol. The molecule has 0 bridgehead atoms. The maximum absolute atomic E-state index is 12.6. The number of nitrogens with zero attached hydrogens (tertiary/aromatic N) is 3. The number of piperidine rings is 1. The molecule has 1 aromatic heterocycles. The van der Waals surface area contributed by atoms with Gasteiger partial charge in [0.1, 0.15) is 5.82 Å². The van der Waals surface area contributed by atoms with Crippen molar-refractivity contribution in [1.29, 1.82) is 0 Å². The third-order valence-corrected chi connectivity index (χ3v) is 5.03. The van der Waals surface area contributed by atoms with Gasteiger partial charge in [0.2, 0.25) is 0 Å². The maximum atomic E-state index is 12.6. The van der Waals surface area contributed by atoms with Gasteiger partial charge in [0.25, 0.3) is 5.56 Å². The van der Waals surface area contributed by atoms with Crippen molar-refractivity contribution in [3.05, 3.63) is 15.9 Å². The largest absolute Gasteiger partial charge is 0.356 e. The van der Waals surface area contributed by atoms with Gasteiger partial charge < -0.3 is 4.90 Å². The molecule has 0 aliphatic carbocycles. The second-order valence-corrected chi connectivity index (χ2v) is 6.32. The highest BCUT2D eigenvalue weighted by Crippen LogP contribution is 2.27. The molecule has 0 unspecified atom stereocenters. The first kappa shape index (κ1) is 13.0. The van der Waals surface area contributed by atoms with Crippen molar-refractivity contribution in [2.75, 3.05) is 23.7 Å². The van der Waals surface area contributed by atoms with Crippen molar-refractivity contribution < 1.29 is 0 Å². The molecule has 0 spiro atoms. The van der Waals surface area contributed by atoms with Crippen LogP contribution in [0.1, 0.15) is 38.2 Å². The molecule has 104 valence electrons. The highest BCUT2D eigenvalue weighted by Gasteiger charge is 2.22. The normalized spacial score (nSPS) is 19.3. The zero-order chi connectivity index (χ0) is 13.2. The number of hydrogen-bond acceptors (Lipinski definition) is 4. The van der Waals surface area contributed by atoms with Crippen LogP contribution >= 0.6 is 11.8 Å². The van der Waals surface area contributed by atoms with Gasteiger partial charge in [0.05, 0.1) is 5.56 Å². The third kappa shape index (κ3) is 2.40. The van der Waals surface area contributed by atoms with Crippen LogP contribution in [-0.2, 0) is 13.0 Å². The Labute approximate surface area is 118 Å². The zero-order valence-electron chi connectivity index (χ0n) is 11.5. The lowest BCUT2D eigenvalue weighted by molar-refractivity contribution is 0.536. The van der Waals surface area contributed by atoms with Crippen LogP contribution in [0.3, 0.4) is 0 Å². The standard InChI is InChI=1S/C14H21N3OS/c1-2-11-12(16-7-4-3-5-8-16)15-14-17(13(11)18)9-6-10-19-14/h2-10H2,1H3. The van der Waals surface area contributed by atoms with Crippen LogP contribution in [0.25, 0.3) is 0 Å². The summed E-state index contributed by atoms with van der Waals surface area (Å²) < 4.78 is 1.88. The molecule has 1 saturated heterocycles. The van der Waals surface area contributed by atoms with E-state index in [2.05, 4.69) is 11.8 Å². The number of thioether (sulfide) groups is 1. The molecular weight excluding hydrogens is 258 g/mol. The zero-order valence-corrected chi connectivity index (χ0v) is 12.3. The Balaban J connectivity index is 2.07. The summed E-state index contributed by atoms with van der Waals surface area (Å²) in [7, 11) is 0. The molecule has 2 aliphatic heterocycles. The molecule has 0 radical (unpaired) electrons. The number of aromatic nitrogens is 2. The first-order chi connectivity index (χ1) is 9.31. The molecule has 0 N–H and O–H groups in total. The van der Waals surface area contributed by atoms with E-state index < -0.39 is 0 Å². The fourth-order valence-electron chi connectivity index (χ4n) is 2.93. The molecule has 0 aromatic carbocycles. The van der Waals surface area contributed by atoms with Crippen LogP contribution in [0.2, 0.25) is 0 Å². The van der Waals surface area contributed by atoms with Crippen molar-refractivity contribution >= 4 is 17.6 Å². The molecule has 0 saturated carbocycles. The van der Waals surface area contributed by atoms with Crippen LogP contribution in [-0.4, -0.2) is 28.4 Å². The fraction of sp³-hybridized carbons (Fsp3) is 0.714. The monoisotopic (exact) mass is 279 g/mol. The molecule has 2 aliphatic rings. The Morgan fingerprint density at radius 1 is 1.16 bits per heavy atom. The average Bonchev–Trinajstić information content (AvgIpc) is 2.48. The molecule has 3 heterocycles. The minimum atomic E-state index is 0.195. The van der Waals surface area contributed by atoms with Gasteiger partial charge in [-0.15, -0.1) is 0 Å². The van der Waals surface area contributed by atoms with Gasteiger partial charge >= 0.3 is 0 Å². The molecule has 4 nitrogen and oxygen atoms in total. The number of hydrogen-bond donors (Lipinski definition) is 0. The van der Waals surface area contributed by atoms with Crippen LogP contribution in [0.4, 0.5) is 5.82 Å². The predicted molar refractivity (Wildman–Crippen MR) is 79.3 cm³/mol. The Kier molecular flexibility index (Phi) is 3.82. The van der Waals surface area contributed by atoms with Crippen molar-refractivity contribution in [3.63, 3.8) is 0 Å². The summed E-state index contributed by atoms with van der Waals surface area (Å²) >= 11 is 1.73. The number of rotatable bonds is 2. The van der Waals surface area contributed by atoms with Crippen LogP contribution in [0.15, 0.2) is 9.95 Å². The topological polar surface area (TPSA) is 38.1 Å². The van der Waals surface area contributed by atoms with Crippen LogP contribution in [0, 0.1) is 0 Å². The second-order valence-electron chi connectivity index (χ2n) is 5.26. The van der Waals surface area contributed by atoms with Crippen molar-refractivity contribution in [2.45, 2.75) is 50.7 Å². The lowest BCUT2D eigenvalue weighted by Gasteiger charge is -2.30. The molecular formula is C14H21N3OS. The third-order valence-electron chi connectivity index (χ3n) is 3.97. The van der Waals surface area contributed by atoms with E-state index >= 15 is 0 Å². The fourth-order valence-corrected chi connectivity index (χ4v) is 3.87. The Hall–Kier alpha value is -0.970. The van der Waals surface area contributed by atoms with Gasteiger partial charge in [-0.05, 0) is 32.1 Å². The summed E-state index contributed by atoms with van der Waals surface area (Å²) in [5.74, 6) is 2.05. The molecule has 3 rings (SSSR count). The minimum absolute atomic E-state index is 0.195. The van der Waals surface area contributed by atoms with Gasteiger partial charge in [-0.3, -0.25) is 9.36 Å². The van der Waals surface area contributed by atoms with Crippen LogP contribution in [0.5, 0.6) is 0 Å². The highest BCUT2D eigenvalue weighted by molar-refractivity contribution is 7.99. The summed E-state index contributed by atoms with van der Waals surface area (Å²) in [6.45, 7) is 5.00. The Bertz CT molecular complexity index is 520. The first-order valence-electron chi connectivity index (χ1n) is 7.32. The van der Waals surface area contributed by atoms with Crippen LogP contribution < -0.4 is 10.5 Å². The Morgan fingerprint density at radius 3 is 2.68 bits per heavy atom. The molecule has 19 heavy (non-hydrogen) atoms. The molecule has 0 atom stereocenters.